The molecule has 0 aromatic rings. The Bertz CT molecular complexity index is 538. The zero-order chi connectivity index (χ0) is 17.6. The number of hydrogen-bond donors (Lipinski definition) is 1. The summed E-state index contributed by atoms with van der Waals surface area (Å²) in [6, 6.07) is -2.32. The van der Waals surface area contributed by atoms with Gasteiger partial charge in [0.1, 0.15) is 5.60 Å². The molecule has 0 saturated carbocycles. The Balaban J connectivity index is 2.25. The van der Waals surface area contributed by atoms with Gasteiger partial charge >= 0.3 is 12.2 Å². The third kappa shape index (κ3) is 3.89. The number of ether oxygens (including phenoxy) is 1. The maximum absolute atomic E-state index is 13.8. The van der Waals surface area contributed by atoms with E-state index in [1.54, 1.807) is 20.8 Å². The van der Waals surface area contributed by atoms with Crippen LogP contribution in [0.2, 0.25) is 0 Å². The quantitative estimate of drug-likeness (QED) is 0.766. The Hall–Kier alpha value is -1.49. The van der Waals surface area contributed by atoms with Gasteiger partial charge in [0.25, 0.3) is 17.2 Å². The van der Waals surface area contributed by atoms with Crippen molar-refractivity contribution < 1.29 is 36.6 Å². The van der Waals surface area contributed by atoms with Crippen molar-refractivity contribution in [3.63, 3.8) is 0 Å². The maximum atomic E-state index is 13.8. The van der Waals surface area contributed by atoms with Crippen LogP contribution in [0.5, 0.6) is 0 Å². The van der Waals surface area contributed by atoms with Gasteiger partial charge in [-0.05, 0) is 20.8 Å². The van der Waals surface area contributed by atoms with Crippen molar-refractivity contribution in [2.75, 3.05) is 13.2 Å². The first-order valence-corrected chi connectivity index (χ1v) is 7.89. The lowest BCUT2D eigenvalue weighted by atomic mass is 10.1. The van der Waals surface area contributed by atoms with Gasteiger partial charge in [-0.25, -0.2) is 22.6 Å². The van der Waals surface area contributed by atoms with Crippen molar-refractivity contribution in [1.29, 1.82) is 0 Å². The predicted molar refractivity (Wildman–Crippen MR) is 74.0 cm³/mol. The number of carbonyl (C=O) groups is 2. The number of rotatable bonds is 1. The average molecular weight is 356 g/mol. The molecule has 0 aromatic heterocycles. The van der Waals surface area contributed by atoms with Crippen LogP contribution in [-0.4, -0.2) is 67.5 Å². The smallest absolute Gasteiger partial charge is 0.421 e. The number of alkyl halides is 2. The van der Waals surface area contributed by atoms with E-state index < -0.39 is 60.0 Å². The van der Waals surface area contributed by atoms with Crippen LogP contribution >= 0.6 is 0 Å². The Labute approximate surface area is 134 Å². The zero-order valence-corrected chi connectivity index (χ0v) is 13.6. The van der Waals surface area contributed by atoms with Crippen molar-refractivity contribution in [1.82, 2.24) is 9.21 Å². The highest BCUT2D eigenvalue weighted by Gasteiger charge is 2.55. The summed E-state index contributed by atoms with van der Waals surface area (Å²) in [6.45, 7) is 3.55. The normalized spacial score (nSPS) is 30.6. The molecule has 2 saturated heterocycles. The monoisotopic (exact) mass is 356 g/mol. The fourth-order valence-electron chi connectivity index (χ4n) is 2.55. The van der Waals surface area contributed by atoms with Gasteiger partial charge in [0.05, 0.1) is 25.2 Å². The molecule has 2 fully saturated rings. The molecule has 2 aliphatic heterocycles. The van der Waals surface area contributed by atoms with Gasteiger partial charge in [0.2, 0.25) is 0 Å². The largest absolute Gasteiger partial charge is 0.464 e. The molecule has 0 radical (unpaired) electrons. The number of nitrogens with zero attached hydrogens (tertiary/aromatic N) is 2. The summed E-state index contributed by atoms with van der Waals surface area (Å²) in [4.78, 5) is 24.1. The maximum Gasteiger partial charge on any atom is 0.421 e. The van der Waals surface area contributed by atoms with E-state index in [2.05, 4.69) is 0 Å². The lowest BCUT2D eigenvalue weighted by molar-refractivity contribution is -0.00292. The Morgan fingerprint density at radius 2 is 1.96 bits per heavy atom. The van der Waals surface area contributed by atoms with E-state index in [9.17, 15) is 22.6 Å². The summed E-state index contributed by atoms with van der Waals surface area (Å²) < 4.78 is 49.4. The summed E-state index contributed by atoms with van der Waals surface area (Å²) in [6.07, 6.45) is -3.28. The van der Waals surface area contributed by atoms with Gasteiger partial charge in [-0.1, -0.05) is 0 Å². The second-order valence-electron chi connectivity index (χ2n) is 6.41. The molecule has 1 unspecified atom stereocenters. The summed E-state index contributed by atoms with van der Waals surface area (Å²) in [5.41, 5.74) is -0.888. The second-order valence-corrected chi connectivity index (χ2v) is 7.48. The molecule has 8 nitrogen and oxygen atoms in total. The predicted octanol–water partition coefficient (Wildman–Crippen LogP) is 1.59. The van der Waals surface area contributed by atoms with E-state index >= 15 is 0 Å². The first-order valence-electron chi connectivity index (χ1n) is 6.86. The first-order chi connectivity index (χ1) is 10.4. The van der Waals surface area contributed by atoms with Crippen LogP contribution in [0.25, 0.3) is 0 Å². The summed E-state index contributed by atoms with van der Waals surface area (Å²) in [5, 5.41) is 9.09. The van der Waals surface area contributed by atoms with Gasteiger partial charge in [-0.15, -0.1) is 0 Å². The van der Waals surface area contributed by atoms with E-state index in [4.69, 9.17) is 14.0 Å². The molecular weight excluding hydrogens is 338 g/mol. The van der Waals surface area contributed by atoms with E-state index in [1.165, 1.54) is 0 Å². The average Bonchev–Trinajstić information content (AvgIpc) is 2.87. The van der Waals surface area contributed by atoms with Crippen molar-refractivity contribution in [3.8, 4) is 0 Å². The molecule has 1 N–H and O–H groups in total. The van der Waals surface area contributed by atoms with Gasteiger partial charge in [-0.2, -0.15) is 4.31 Å². The molecule has 23 heavy (non-hydrogen) atoms. The molecule has 2 heterocycles. The lowest BCUT2D eigenvalue weighted by Gasteiger charge is -2.32. The molecule has 0 spiro atoms. The number of amides is 2. The molecule has 0 aliphatic carbocycles. The van der Waals surface area contributed by atoms with Crippen LogP contribution in [-0.2, 0) is 20.2 Å². The molecule has 2 amide bonds. The number of halogens is 2. The van der Waals surface area contributed by atoms with Crippen molar-refractivity contribution in [2.45, 2.75) is 50.8 Å². The molecule has 11 heteroatoms. The third-order valence-electron chi connectivity index (χ3n) is 3.37. The minimum absolute atomic E-state index is 0.334. The van der Waals surface area contributed by atoms with Crippen LogP contribution in [0.4, 0.5) is 18.4 Å². The van der Waals surface area contributed by atoms with Crippen molar-refractivity contribution in [3.05, 3.63) is 0 Å². The number of carboxylic acid groups (broad SMARTS) is 1. The van der Waals surface area contributed by atoms with Crippen LogP contribution < -0.4 is 0 Å². The lowest BCUT2D eigenvalue weighted by Crippen LogP contribution is -2.51. The molecular formula is C12H18F2N2O6S. The molecule has 0 bridgehead atoms. The highest BCUT2D eigenvalue weighted by molar-refractivity contribution is 7.78. The highest BCUT2D eigenvalue weighted by Crippen LogP contribution is 2.37. The second kappa shape index (κ2) is 5.86. The summed E-state index contributed by atoms with van der Waals surface area (Å²) in [7, 11) is 0. The van der Waals surface area contributed by atoms with Crippen molar-refractivity contribution >= 4 is 23.5 Å². The van der Waals surface area contributed by atoms with Crippen LogP contribution in [0.15, 0.2) is 0 Å². The zero-order valence-electron chi connectivity index (χ0n) is 12.8. The minimum Gasteiger partial charge on any atom is -0.464 e. The number of likely N-dealkylation sites (tertiary alicyclic amines) is 1. The van der Waals surface area contributed by atoms with E-state index in [0.29, 0.717) is 4.31 Å². The standard InChI is InChI=1S/C12H18F2N2O6S/c1-11(2,3)22-10(19)15-6-12(13,14)4-7(15)8-5-21-23(20)16(8)9(17)18/h7-8H,4-6H2,1-3H3,(H,17,18)/t7-,8-,23?/m0/s1. The first kappa shape index (κ1) is 17.9. The fourth-order valence-corrected chi connectivity index (χ4v) is 3.47. The summed E-state index contributed by atoms with van der Waals surface area (Å²) >= 11 is -2.28. The highest BCUT2D eigenvalue weighted by atomic mass is 32.2. The Morgan fingerprint density at radius 3 is 2.48 bits per heavy atom. The van der Waals surface area contributed by atoms with E-state index in [-0.39, 0.29) is 6.61 Å². The van der Waals surface area contributed by atoms with Gasteiger partial charge < -0.3 is 9.84 Å². The topological polar surface area (TPSA) is 96.4 Å². The molecule has 2 aliphatic rings. The third-order valence-corrected chi connectivity index (χ3v) is 4.46. The van der Waals surface area contributed by atoms with Gasteiger partial charge in [-0.3, -0.25) is 9.08 Å². The SMILES string of the molecule is CC(C)(C)OC(=O)N1CC(F)(F)C[C@H]1[C@@H]1COS(=O)N1C(=O)O. The molecule has 2 rings (SSSR count). The molecule has 132 valence electrons. The Kier molecular flexibility index (Phi) is 4.55. The summed E-state index contributed by atoms with van der Waals surface area (Å²) in [5.74, 6) is -3.18. The Morgan fingerprint density at radius 1 is 1.35 bits per heavy atom. The van der Waals surface area contributed by atoms with E-state index in [1.807, 2.05) is 0 Å². The van der Waals surface area contributed by atoms with Crippen LogP contribution in [0.3, 0.4) is 0 Å². The van der Waals surface area contributed by atoms with Crippen LogP contribution in [0.1, 0.15) is 27.2 Å². The van der Waals surface area contributed by atoms with Gasteiger partial charge in [0.15, 0.2) is 0 Å². The minimum atomic E-state index is -3.18. The fraction of sp³-hybridized carbons (Fsp3) is 0.833. The number of hydrogen-bond acceptors (Lipinski definition) is 5. The molecule has 0 aromatic carbocycles. The van der Waals surface area contributed by atoms with Crippen LogP contribution in [0, 0.1) is 0 Å². The molecule has 3 atom stereocenters. The van der Waals surface area contributed by atoms with E-state index in [0.717, 1.165) is 4.90 Å². The van der Waals surface area contributed by atoms with Gasteiger partial charge in [0, 0.05) is 6.42 Å². The van der Waals surface area contributed by atoms with Crippen molar-refractivity contribution in [2.24, 2.45) is 0 Å². The number of carbonyl (C=O) groups excluding carboxylic acids is 1.